The molecule has 0 bridgehead atoms. The van der Waals surface area contributed by atoms with Crippen LogP contribution < -0.4 is 0 Å². The van der Waals surface area contributed by atoms with Crippen LogP contribution >= 0.6 is 0 Å². The van der Waals surface area contributed by atoms with Crippen LogP contribution in [0.4, 0.5) is 0 Å². The molecule has 0 spiro atoms. The number of imide groups is 1. The lowest BCUT2D eigenvalue weighted by Gasteiger charge is -2.27. The Hall–Kier alpha value is -2.18. The zero-order valence-corrected chi connectivity index (χ0v) is 13.8. The zero-order valence-electron chi connectivity index (χ0n) is 13.8. The summed E-state index contributed by atoms with van der Waals surface area (Å²) in [6.45, 7) is 1.87. The largest absolute Gasteiger partial charge is 0.468 e. The summed E-state index contributed by atoms with van der Waals surface area (Å²) in [6, 6.07) is 0. The van der Waals surface area contributed by atoms with Gasteiger partial charge in [-0.25, -0.2) is 0 Å². The van der Waals surface area contributed by atoms with Crippen LogP contribution in [0.15, 0.2) is 11.1 Å². The highest BCUT2D eigenvalue weighted by atomic mass is 16.5. The average Bonchev–Trinajstić information content (AvgIpc) is 2.75. The second-order valence-corrected chi connectivity index (χ2v) is 6.04. The van der Waals surface area contributed by atoms with E-state index in [4.69, 9.17) is 0 Å². The quantitative estimate of drug-likeness (QED) is 0.327. The van der Waals surface area contributed by atoms with E-state index in [1.165, 1.54) is 26.2 Å². The SMILES string of the molecule is COC(=O)C(CC1=C(C)CC2C(=O)N(C)C(=O)C2C1)C(=O)OC. The van der Waals surface area contributed by atoms with Crippen LogP contribution in [0, 0.1) is 17.8 Å². The first-order valence-electron chi connectivity index (χ1n) is 7.46. The Morgan fingerprint density at radius 3 is 2.04 bits per heavy atom. The fourth-order valence-corrected chi connectivity index (χ4v) is 3.37. The molecule has 1 saturated heterocycles. The Kier molecular flexibility index (Phi) is 4.87. The summed E-state index contributed by atoms with van der Waals surface area (Å²) in [5.41, 5.74) is 1.80. The maximum atomic E-state index is 12.2. The van der Waals surface area contributed by atoms with Gasteiger partial charge in [0.15, 0.2) is 5.92 Å². The average molecular weight is 323 g/mol. The minimum Gasteiger partial charge on any atom is -0.468 e. The lowest BCUT2D eigenvalue weighted by Crippen LogP contribution is -2.30. The topological polar surface area (TPSA) is 90.0 Å². The highest BCUT2D eigenvalue weighted by molar-refractivity contribution is 6.05. The van der Waals surface area contributed by atoms with Crippen LogP contribution in [0.5, 0.6) is 0 Å². The van der Waals surface area contributed by atoms with Crippen molar-refractivity contribution < 1.29 is 28.7 Å². The van der Waals surface area contributed by atoms with Gasteiger partial charge in [-0.3, -0.25) is 24.1 Å². The van der Waals surface area contributed by atoms with Crippen LogP contribution in [0.2, 0.25) is 0 Å². The van der Waals surface area contributed by atoms with Crippen LogP contribution in [-0.2, 0) is 28.7 Å². The van der Waals surface area contributed by atoms with Crippen LogP contribution in [0.3, 0.4) is 0 Å². The third kappa shape index (κ3) is 3.00. The number of hydrogen-bond donors (Lipinski definition) is 0. The number of carbonyl (C=O) groups is 4. The first-order chi connectivity index (χ1) is 10.8. The highest BCUT2D eigenvalue weighted by Gasteiger charge is 2.48. The number of allylic oxidation sites excluding steroid dienone is 2. The lowest BCUT2D eigenvalue weighted by atomic mass is 9.75. The maximum absolute atomic E-state index is 12.2. The second kappa shape index (κ2) is 6.52. The van der Waals surface area contributed by atoms with Gasteiger partial charge in [0, 0.05) is 7.05 Å². The molecule has 0 aromatic heterocycles. The third-order valence-electron chi connectivity index (χ3n) is 4.80. The normalized spacial score (nSPS) is 24.1. The molecule has 0 N–H and O–H groups in total. The second-order valence-electron chi connectivity index (χ2n) is 6.04. The number of carbonyl (C=O) groups excluding carboxylic acids is 4. The van der Waals surface area contributed by atoms with Gasteiger partial charge in [-0.15, -0.1) is 0 Å². The molecule has 2 amide bonds. The monoisotopic (exact) mass is 323 g/mol. The molecule has 1 aliphatic carbocycles. The van der Waals surface area contributed by atoms with E-state index in [1.807, 2.05) is 6.92 Å². The van der Waals surface area contributed by atoms with E-state index < -0.39 is 23.8 Å². The van der Waals surface area contributed by atoms with Crippen molar-refractivity contribution in [2.24, 2.45) is 17.8 Å². The Morgan fingerprint density at radius 2 is 1.57 bits per heavy atom. The Balaban J connectivity index is 2.23. The van der Waals surface area contributed by atoms with E-state index in [0.717, 1.165) is 11.1 Å². The fourth-order valence-electron chi connectivity index (χ4n) is 3.37. The molecule has 7 nitrogen and oxygen atoms in total. The van der Waals surface area contributed by atoms with Gasteiger partial charge >= 0.3 is 11.9 Å². The molecular weight excluding hydrogens is 302 g/mol. The molecule has 0 aromatic rings. The van der Waals surface area contributed by atoms with Crippen molar-refractivity contribution in [3.63, 3.8) is 0 Å². The van der Waals surface area contributed by atoms with E-state index in [1.54, 1.807) is 0 Å². The van der Waals surface area contributed by atoms with Crippen molar-refractivity contribution in [3.05, 3.63) is 11.1 Å². The minimum absolute atomic E-state index is 0.152. The summed E-state index contributed by atoms with van der Waals surface area (Å²) in [5.74, 6) is -3.45. The fraction of sp³-hybridized carbons (Fsp3) is 0.625. The summed E-state index contributed by atoms with van der Waals surface area (Å²) in [6.07, 6.45) is 1.01. The van der Waals surface area contributed by atoms with E-state index in [9.17, 15) is 19.2 Å². The van der Waals surface area contributed by atoms with Gasteiger partial charge in [0.1, 0.15) is 0 Å². The molecule has 2 unspecified atom stereocenters. The molecule has 1 heterocycles. The maximum Gasteiger partial charge on any atom is 0.320 e. The lowest BCUT2D eigenvalue weighted by molar-refractivity contribution is -0.158. The number of fused-ring (bicyclic) bond motifs is 1. The molecule has 23 heavy (non-hydrogen) atoms. The predicted molar refractivity (Wildman–Crippen MR) is 78.8 cm³/mol. The Morgan fingerprint density at radius 1 is 1.09 bits per heavy atom. The Bertz CT molecular complexity index is 577. The van der Waals surface area contributed by atoms with Crippen molar-refractivity contribution in [1.82, 2.24) is 4.90 Å². The summed E-state index contributed by atoms with van der Waals surface area (Å²) in [4.78, 5) is 49.0. The summed E-state index contributed by atoms with van der Waals surface area (Å²) in [7, 11) is 3.92. The molecule has 1 fully saturated rings. The summed E-state index contributed by atoms with van der Waals surface area (Å²) in [5, 5.41) is 0. The van der Waals surface area contributed by atoms with Gasteiger partial charge in [0.05, 0.1) is 26.1 Å². The van der Waals surface area contributed by atoms with E-state index >= 15 is 0 Å². The molecule has 126 valence electrons. The minimum atomic E-state index is -1.04. The van der Waals surface area contributed by atoms with Crippen LogP contribution in [0.1, 0.15) is 26.2 Å². The van der Waals surface area contributed by atoms with E-state index in [2.05, 4.69) is 9.47 Å². The van der Waals surface area contributed by atoms with Crippen molar-refractivity contribution in [2.45, 2.75) is 26.2 Å². The van der Waals surface area contributed by atoms with E-state index in [-0.39, 0.29) is 24.2 Å². The van der Waals surface area contributed by atoms with Crippen molar-refractivity contribution in [3.8, 4) is 0 Å². The van der Waals surface area contributed by atoms with Gasteiger partial charge < -0.3 is 9.47 Å². The van der Waals surface area contributed by atoms with Crippen molar-refractivity contribution in [2.75, 3.05) is 21.3 Å². The highest BCUT2D eigenvalue weighted by Crippen LogP contribution is 2.42. The van der Waals surface area contributed by atoms with Crippen LogP contribution in [0.25, 0.3) is 0 Å². The smallest absolute Gasteiger partial charge is 0.320 e. The van der Waals surface area contributed by atoms with Gasteiger partial charge in [-0.1, -0.05) is 11.1 Å². The molecule has 0 saturated carbocycles. The first-order valence-corrected chi connectivity index (χ1v) is 7.46. The molecule has 1 aliphatic heterocycles. The number of rotatable bonds is 4. The van der Waals surface area contributed by atoms with Gasteiger partial charge in [0.25, 0.3) is 0 Å². The first kappa shape index (κ1) is 17.2. The van der Waals surface area contributed by atoms with Crippen LogP contribution in [-0.4, -0.2) is 49.9 Å². The van der Waals surface area contributed by atoms with E-state index in [0.29, 0.717) is 12.8 Å². The molecule has 7 heteroatoms. The standard InChI is InChI=1S/C16H21NO6/c1-8-5-10-11(14(19)17(2)13(10)18)6-9(8)7-12(15(20)22-3)16(21)23-4/h10-12H,5-7H2,1-4H3. The number of nitrogens with zero attached hydrogens (tertiary/aromatic N) is 1. The molecule has 2 aliphatic rings. The molecule has 0 aromatic carbocycles. The van der Waals surface area contributed by atoms with Crippen molar-refractivity contribution >= 4 is 23.8 Å². The third-order valence-corrected chi connectivity index (χ3v) is 4.80. The Labute approximate surface area is 134 Å². The van der Waals surface area contributed by atoms with Gasteiger partial charge in [0.2, 0.25) is 11.8 Å². The number of hydrogen-bond acceptors (Lipinski definition) is 6. The van der Waals surface area contributed by atoms with Gasteiger partial charge in [-0.05, 0) is 26.2 Å². The number of esters is 2. The summed E-state index contributed by atoms with van der Waals surface area (Å²) >= 11 is 0. The summed E-state index contributed by atoms with van der Waals surface area (Å²) < 4.78 is 9.32. The molecule has 0 radical (unpaired) electrons. The molecule has 2 rings (SSSR count). The number of ether oxygens (including phenoxy) is 2. The zero-order chi connectivity index (χ0) is 17.3. The number of amides is 2. The van der Waals surface area contributed by atoms with Crippen molar-refractivity contribution in [1.29, 1.82) is 0 Å². The molecular formula is C16H21NO6. The predicted octanol–water partition coefficient (Wildman–Crippen LogP) is 0.680. The number of likely N-dealkylation sites (tertiary alicyclic amines) is 1. The van der Waals surface area contributed by atoms with Gasteiger partial charge in [-0.2, -0.15) is 0 Å². The number of methoxy groups -OCH3 is 2. The molecule has 2 atom stereocenters.